The molecule has 1 N–H and O–H groups in total. The van der Waals surface area contributed by atoms with Crippen LogP contribution < -0.4 is 4.90 Å². The van der Waals surface area contributed by atoms with Crippen molar-refractivity contribution in [1.82, 2.24) is 10.2 Å². The van der Waals surface area contributed by atoms with Crippen molar-refractivity contribution in [2.45, 2.75) is 30.6 Å². The molecule has 24 heavy (non-hydrogen) atoms. The number of hydrogen-bond acceptors (Lipinski definition) is 5. The lowest BCUT2D eigenvalue weighted by Gasteiger charge is -2.34. The molecule has 1 fully saturated rings. The van der Waals surface area contributed by atoms with Gasteiger partial charge in [-0.15, -0.1) is 0 Å². The lowest BCUT2D eigenvalue weighted by Crippen LogP contribution is -2.34. The van der Waals surface area contributed by atoms with Crippen LogP contribution >= 0.6 is 0 Å². The number of carbonyl (C=O) groups excluding carboxylic acids is 1. The van der Waals surface area contributed by atoms with E-state index in [1.165, 1.54) is 13.2 Å². The Morgan fingerprint density at radius 2 is 1.96 bits per heavy atom. The van der Waals surface area contributed by atoms with Gasteiger partial charge >= 0.3 is 0 Å². The number of H-pyrrole nitrogens is 1. The van der Waals surface area contributed by atoms with Crippen molar-refractivity contribution in [2.24, 2.45) is 0 Å². The van der Waals surface area contributed by atoms with Crippen molar-refractivity contribution >= 4 is 21.3 Å². The number of nitrogens with zero attached hydrogens (tertiary/aromatic N) is 2. The molecule has 3 rings (SSSR count). The van der Waals surface area contributed by atoms with Gasteiger partial charge in [-0.05, 0) is 44.0 Å². The number of rotatable bonds is 4. The number of aromatic nitrogens is 2. The molecule has 1 aliphatic rings. The zero-order chi connectivity index (χ0) is 17.3. The summed E-state index contributed by atoms with van der Waals surface area (Å²) >= 11 is 0. The monoisotopic (exact) mass is 347 g/mol. The van der Waals surface area contributed by atoms with E-state index in [-0.39, 0.29) is 10.7 Å². The molecule has 0 aliphatic carbocycles. The van der Waals surface area contributed by atoms with Gasteiger partial charge < -0.3 is 4.90 Å². The van der Waals surface area contributed by atoms with E-state index in [2.05, 4.69) is 15.1 Å². The van der Waals surface area contributed by atoms with Crippen molar-refractivity contribution in [3.8, 4) is 0 Å². The first kappa shape index (κ1) is 16.7. The molecule has 1 aromatic carbocycles. The third-order valence-corrected chi connectivity index (χ3v) is 5.71. The summed E-state index contributed by atoms with van der Waals surface area (Å²) in [7, 11) is -3.35. The molecule has 2 heterocycles. The maximum absolute atomic E-state index is 12.1. The highest BCUT2D eigenvalue weighted by atomic mass is 32.2. The number of Topliss-reactive ketones (excluding diaryl/α,β-unsaturated/α-hetero) is 1. The van der Waals surface area contributed by atoms with Gasteiger partial charge in [0.1, 0.15) is 0 Å². The molecule has 7 heteroatoms. The summed E-state index contributed by atoms with van der Waals surface area (Å²) in [5, 5.41) is 7.01. The Labute approximate surface area is 141 Å². The van der Waals surface area contributed by atoms with Crippen molar-refractivity contribution in [3.63, 3.8) is 0 Å². The van der Waals surface area contributed by atoms with Crippen LogP contribution in [-0.2, 0) is 9.84 Å². The Morgan fingerprint density at radius 3 is 2.50 bits per heavy atom. The van der Waals surface area contributed by atoms with Crippen LogP contribution in [-0.4, -0.2) is 43.7 Å². The minimum absolute atomic E-state index is 0.0661. The van der Waals surface area contributed by atoms with Gasteiger partial charge in [0.2, 0.25) is 0 Å². The molecule has 0 radical (unpaired) electrons. The predicted octanol–water partition coefficient (Wildman–Crippen LogP) is 2.40. The second-order valence-electron chi connectivity index (χ2n) is 6.28. The zero-order valence-electron chi connectivity index (χ0n) is 13.8. The molecule has 0 amide bonds. The molecule has 0 bridgehead atoms. The molecule has 1 aliphatic heterocycles. The summed E-state index contributed by atoms with van der Waals surface area (Å²) < 4.78 is 24.2. The van der Waals surface area contributed by atoms with Crippen LogP contribution in [0.15, 0.2) is 35.4 Å². The van der Waals surface area contributed by atoms with Crippen LogP contribution in [0.1, 0.15) is 41.7 Å². The lowest BCUT2D eigenvalue weighted by atomic mass is 9.93. The second kappa shape index (κ2) is 6.39. The highest BCUT2D eigenvalue weighted by molar-refractivity contribution is 7.90. The molecule has 2 aromatic rings. The summed E-state index contributed by atoms with van der Waals surface area (Å²) in [6.07, 6.45) is 4.78. The Balaban J connectivity index is 1.88. The van der Waals surface area contributed by atoms with Crippen LogP contribution in [0.5, 0.6) is 0 Å². The van der Waals surface area contributed by atoms with Gasteiger partial charge in [-0.25, -0.2) is 8.42 Å². The third kappa shape index (κ3) is 3.36. The molecule has 0 atom stereocenters. The average molecular weight is 347 g/mol. The first-order valence-corrected chi connectivity index (χ1v) is 9.84. The Morgan fingerprint density at radius 1 is 1.25 bits per heavy atom. The first-order chi connectivity index (χ1) is 11.4. The number of piperidine rings is 1. The molecule has 1 saturated heterocycles. The SMILES string of the molecule is CC(=O)c1ccc(S(C)(=O)=O)c(N2CCC(c3ccn[nH]3)CC2)c1. The number of anilines is 1. The number of hydrogen-bond donors (Lipinski definition) is 1. The topological polar surface area (TPSA) is 83.1 Å². The second-order valence-corrected chi connectivity index (χ2v) is 8.27. The summed E-state index contributed by atoms with van der Waals surface area (Å²) in [6.45, 7) is 2.98. The number of benzene rings is 1. The molecule has 1 aromatic heterocycles. The van der Waals surface area contributed by atoms with Crippen molar-refractivity contribution < 1.29 is 13.2 Å². The van der Waals surface area contributed by atoms with Gasteiger partial charge in [0.25, 0.3) is 0 Å². The standard InChI is InChI=1S/C17H21N3O3S/c1-12(21)14-3-4-17(24(2,22)23)16(11-14)20-9-6-13(7-10-20)15-5-8-18-19-15/h3-5,8,11,13H,6-7,9-10H2,1-2H3,(H,18,19). The fourth-order valence-corrected chi connectivity index (χ4v) is 4.11. The minimum Gasteiger partial charge on any atom is -0.370 e. The van der Waals surface area contributed by atoms with Crippen molar-refractivity contribution in [2.75, 3.05) is 24.2 Å². The maximum Gasteiger partial charge on any atom is 0.177 e. The highest BCUT2D eigenvalue weighted by Gasteiger charge is 2.25. The van der Waals surface area contributed by atoms with Crippen LogP contribution in [0.25, 0.3) is 0 Å². The van der Waals surface area contributed by atoms with Gasteiger partial charge in [-0.3, -0.25) is 9.89 Å². The highest BCUT2D eigenvalue weighted by Crippen LogP contribution is 2.33. The van der Waals surface area contributed by atoms with E-state index in [0.29, 0.717) is 17.2 Å². The van der Waals surface area contributed by atoms with Gasteiger partial charge in [0.15, 0.2) is 15.6 Å². The quantitative estimate of drug-likeness (QED) is 0.859. The van der Waals surface area contributed by atoms with Crippen molar-refractivity contribution in [1.29, 1.82) is 0 Å². The average Bonchev–Trinajstić information content (AvgIpc) is 3.08. The zero-order valence-corrected chi connectivity index (χ0v) is 14.6. The maximum atomic E-state index is 12.1. The minimum atomic E-state index is -3.35. The molecule has 128 valence electrons. The number of ketones is 1. The Bertz CT molecular complexity index is 836. The third-order valence-electron chi connectivity index (χ3n) is 4.56. The number of carbonyl (C=O) groups is 1. The van der Waals surface area contributed by atoms with Gasteiger partial charge in [0, 0.05) is 42.7 Å². The van der Waals surface area contributed by atoms with Crippen LogP contribution in [0.2, 0.25) is 0 Å². The summed E-state index contributed by atoms with van der Waals surface area (Å²) in [5.74, 6) is 0.338. The Kier molecular flexibility index (Phi) is 4.45. The molecule has 0 spiro atoms. The number of sulfone groups is 1. The fourth-order valence-electron chi connectivity index (χ4n) is 3.22. The van der Waals surface area contributed by atoms with Crippen molar-refractivity contribution in [3.05, 3.63) is 41.7 Å². The van der Waals surface area contributed by atoms with Gasteiger partial charge in [-0.2, -0.15) is 5.10 Å². The van der Waals surface area contributed by atoms with Crippen LogP contribution in [0.3, 0.4) is 0 Å². The summed E-state index contributed by atoms with van der Waals surface area (Å²) in [4.78, 5) is 14.0. The number of nitrogens with one attached hydrogen (secondary N) is 1. The molecule has 0 saturated carbocycles. The molecule has 0 unspecified atom stereocenters. The Hall–Kier alpha value is -2.15. The van der Waals surface area contributed by atoms with Gasteiger partial charge in [0.05, 0.1) is 10.6 Å². The lowest BCUT2D eigenvalue weighted by molar-refractivity contribution is 0.101. The fraction of sp³-hybridized carbons (Fsp3) is 0.412. The number of aromatic amines is 1. The summed E-state index contributed by atoms with van der Waals surface area (Å²) in [6, 6.07) is 6.82. The van der Waals surface area contributed by atoms with E-state index >= 15 is 0 Å². The largest absolute Gasteiger partial charge is 0.370 e. The normalized spacial score (nSPS) is 16.3. The van der Waals surface area contributed by atoms with E-state index in [1.54, 1.807) is 24.4 Å². The van der Waals surface area contributed by atoms with E-state index in [4.69, 9.17) is 0 Å². The van der Waals surface area contributed by atoms with E-state index < -0.39 is 9.84 Å². The van der Waals surface area contributed by atoms with E-state index in [1.807, 2.05) is 6.07 Å². The van der Waals surface area contributed by atoms with E-state index in [0.717, 1.165) is 31.6 Å². The smallest absolute Gasteiger partial charge is 0.177 e. The van der Waals surface area contributed by atoms with E-state index in [9.17, 15) is 13.2 Å². The van der Waals surface area contributed by atoms with Crippen LogP contribution in [0.4, 0.5) is 5.69 Å². The summed E-state index contributed by atoms with van der Waals surface area (Å²) in [5.41, 5.74) is 2.29. The molecule has 6 nitrogen and oxygen atoms in total. The van der Waals surface area contributed by atoms with Gasteiger partial charge in [-0.1, -0.05) is 0 Å². The molecular formula is C17H21N3O3S. The molecular weight excluding hydrogens is 326 g/mol. The predicted molar refractivity (Wildman–Crippen MR) is 92.3 cm³/mol. The van der Waals surface area contributed by atoms with Crippen LogP contribution in [0, 0.1) is 0 Å². The first-order valence-electron chi connectivity index (χ1n) is 7.95.